The van der Waals surface area contributed by atoms with Crippen molar-refractivity contribution in [2.24, 2.45) is 7.05 Å². The van der Waals surface area contributed by atoms with Gasteiger partial charge in [0.15, 0.2) is 16.3 Å². The van der Waals surface area contributed by atoms with Crippen LogP contribution in [0.4, 0.5) is 0 Å². The number of benzene rings is 1. The van der Waals surface area contributed by atoms with Gasteiger partial charge >= 0.3 is 5.69 Å². The van der Waals surface area contributed by atoms with Gasteiger partial charge in [0.2, 0.25) is 0 Å². The lowest BCUT2D eigenvalue weighted by Crippen LogP contribution is -2.29. The summed E-state index contributed by atoms with van der Waals surface area (Å²) in [6.07, 6.45) is 0. The van der Waals surface area contributed by atoms with Crippen LogP contribution in [0.15, 0.2) is 39.0 Å². The Balaban J connectivity index is 2.16. The standard InChI is InChI=1S/C16H18ClN5O2S/c1-9(2)20-25-16-18-13-12(14(23)19-15(24)21(13)3)22(16)8-10-4-6-11(17)7-5-10/h4-7,9,20H,8H2,1-3H3,(H,19,23,24). The van der Waals surface area contributed by atoms with Crippen molar-refractivity contribution in [2.75, 3.05) is 0 Å². The molecule has 0 fully saturated rings. The minimum atomic E-state index is -0.484. The first-order chi connectivity index (χ1) is 11.9. The topological polar surface area (TPSA) is 84.7 Å². The molecule has 2 N–H and O–H groups in total. The summed E-state index contributed by atoms with van der Waals surface area (Å²) in [6.45, 7) is 4.47. The molecule has 0 atom stereocenters. The molecule has 2 aromatic heterocycles. The molecule has 0 saturated carbocycles. The molecule has 7 nitrogen and oxygen atoms in total. The fourth-order valence-electron chi connectivity index (χ4n) is 2.38. The van der Waals surface area contributed by atoms with Gasteiger partial charge in [-0.1, -0.05) is 23.7 Å². The van der Waals surface area contributed by atoms with Gasteiger partial charge in [-0.25, -0.2) is 9.78 Å². The molecule has 0 radical (unpaired) electrons. The predicted molar refractivity (Wildman–Crippen MR) is 100 cm³/mol. The highest BCUT2D eigenvalue weighted by Crippen LogP contribution is 2.21. The zero-order chi connectivity index (χ0) is 18.1. The van der Waals surface area contributed by atoms with E-state index in [1.165, 1.54) is 16.5 Å². The Hall–Kier alpha value is -2.03. The molecule has 0 amide bonds. The molecule has 0 unspecified atom stereocenters. The number of hydrogen-bond donors (Lipinski definition) is 2. The number of aryl methyl sites for hydroxylation is 1. The third kappa shape index (κ3) is 3.65. The van der Waals surface area contributed by atoms with Gasteiger partial charge in [0.05, 0.1) is 6.54 Å². The Labute approximate surface area is 153 Å². The molecule has 0 aliphatic rings. The Morgan fingerprint density at radius 3 is 2.60 bits per heavy atom. The van der Waals surface area contributed by atoms with Gasteiger partial charge in [0.1, 0.15) is 0 Å². The van der Waals surface area contributed by atoms with E-state index in [1.807, 2.05) is 26.0 Å². The van der Waals surface area contributed by atoms with E-state index in [0.29, 0.717) is 27.9 Å². The molecular weight excluding hydrogens is 362 g/mol. The van der Waals surface area contributed by atoms with Gasteiger partial charge in [-0.3, -0.25) is 19.1 Å². The van der Waals surface area contributed by atoms with Crippen LogP contribution >= 0.6 is 23.5 Å². The van der Waals surface area contributed by atoms with Crippen molar-refractivity contribution < 1.29 is 0 Å². The Bertz CT molecular complexity index is 1020. The van der Waals surface area contributed by atoms with E-state index in [-0.39, 0.29) is 6.04 Å². The van der Waals surface area contributed by atoms with E-state index in [2.05, 4.69) is 14.7 Å². The predicted octanol–water partition coefficient (Wildman–Crippen LogP) is 2.13. The summed E-state index contributed by atoms with van der Waals surface area (Å²) >= 11 is 7.28. The number of nitrogens with zero attached hydrogens (tertiary/aromatic N) is 3. The van der Waals surface area contributed by atoms with Crippen LogP contribution in [0.1, 0.15) is 19.4 Å². The zero-order valence-corrected chi connectivity index (χ0v) is 15.6. The first-order valence-corrected chi connectivity index (χ1v) is 8.92. The molecule has 2 heterocycles. The Morgan fingerprint density at radius 1 is 1.28 bits per heavy atom. The molecule has 0 bridgehead atoms. The monoisotopic (exact) mass is 379 g/mol. The number of fused-ring (bicyclic) bond motifs is 1. The summed E-state index contributed by atoms with van der Waals surface area (Å²) in [7, 11) is 1.59. The molecule has 9 heteroatoms. The van der Waals surface area contributed by atoms with Gasteiger partial charge in [0, 0.05) is 18.1 Å². The molecule has 0 aliphatic carbocycles. The largest absolute Gasteiger partial charge is 0.329 e. The zero-order valence-electron chi connectivity index (χ0n) is 14.0. The van der Waals surface area contributed by atoms with Crippen molar-refractivity contribution >= 4 is 34.7 Å². The second-order valence-electron chi connectivity index (χ2n) is 5.97. The van der Waals surface area contributed by atoms with Crippen LogP contribution in [0.5, 0.6) is 0 Å². The second-order valence-corrected chi connectivity index (χ2v) is 7.21. The summed E-state index contributed by atoms with van der Waals surface area (Å²) in [5.74, 6) is 0. The summed E-state index contributed by atoms with van der Waals surface area (Å²) in [6, 6.07) is 7.63. The lowest BCUT2D eigenvalue weighted by molar-refractivity contribution is 0.713. The number of H-pyrrole nitrogens is 1. The number of aromatic amines is 1. The van der Waals surface area contributed by atoms with Crippen LogP contribution in [0.2, 0.25) is 5.02 Å². The van der Waals surface area contributed by atoms with Crippen LogP contribution in [0.3, 0.4) is 0 Å². The van der Waals surface area contributed by atoms with Gasteiger partial charge in [-0.15, -0.1) is 0 Å². The number of rotatable bonds is 5. The van der Waals surface area contributed by atoms with E-state index in [1.54, 1.807) is 23.7 Å². The van der Waals surface area contributed by atoms with Crippen LogP contribution < -0.4 is 16.0 Å². The van der Waals surface area contributed by atoms with Gasteiger partial charge < -0.3 is 4.57 Å². The molecule has 25 heavy (non-hydrogen) atoms. The van der Waals surface area contributed by atoms with Gasteiger partial charge in [-0.05, 0) is 43.5 Å². The quantitative estimate of drug-likeness (QED) is 0.663. The lowest BCUT2D eigenvalue weighted by atomic mass is 10.2. The van der Waals surface area contributed by atoms with Crippen molar-refractivity contribution in [1.29, 1.82) is 0 Å². The minimum absolute atomic E-state index is 0.232. The van der Waals surface area contributed by atoms with Crippen LogP contribution in [-0.2, 0) is 13.6 Å². The normalized spacial score (nSPS) is 11.6. The maximum Gasteiger partial charge on any atom is 0.329 e. The third-order valence-corrected chi connectivity index (χ3v) is 4.95. The molecular formula is C16H18ClN5O2S. The Morgan fingerprint density at radius 2 is 1.96 bits per heavy atom. The van der Waals surface area contributed by atoms with Crippen LogP contribution in [0.25, 0.3) is 11.2 Å². The molecule has 1 aromatic carbocycles. The summed E-state index contributed by atoms with van der Waals surface area (Å²) in [5, 5.41) is 1.26. The first kappa shape index (κ1) is 17.8. The van der Waals surface area contributed by atoms with Crippen molar-refractivity contribution in [3.8, 4) is 0 Å². The minimum Gasteiger partial charge on any atom is -0.308 e. The third-order valence-electron chi connectivity index (χ3n) is 3.61. The van der Waals surface area contributed by atoms with Crippen molar-refractivity contribution in [3.05, 3.63) is 55.7 Å². The maximum absolute atomic E-state index is 12.4. The van der Waals surface area contributed by atoms with Gasteiger partial charge in [-0.2, -0.15) is 0 Å². The number of halogens is 1. The molecule has 132 valence electrons. The van der Waals surface area contributed by atoms with E-state index in [4.69, 9.17) is 11.6 Å². The average molecular weight is 380 g/mol. The SMILES string of the molecule is CC(C)NSc1nc2c(c(=O)[nH]c(=O)n2C)n1Cc1ccc(Cl)cc1. The second kappa shape index (κ2) is 7.07. The highest BCUT2D eigenvalue weighted by molar-refractivity contribution is 7.97. The number of aromatic nitrogens is 4. The first-order valence-electron chi connectivity index (χ1n) is 7.73. The van der Waals surface area contributed by atoms with Gasteiger partial charge in [0.25, 0.3) is 5.56 Å². The lowest BCUT2D eigenvalue weighted by Gasteiger charge is -2.10. The highest BCUT2D eigenvalue weighted by atomic mass is 35.5. The van der Waals surface area contributed by atoms with Crippen molar-refractivity contribution in [2.45, 2.75) is 31.6 Å². The van der Waals surface area contributed by atoms with E-state index >= 15 is 0 Å². The smallest absolute Gasteiger partial charge is 0.308 e. The molecule has 3 aromatic rings. The van der Waals surface area contributed by atoms with E-state index in [9.17, 15) is 9.59 Å². The molecule has 0 saturated heterocycles. The molecule has 0 spiro atoms. The molecule has 0 aliphatic heterocycles. The fraction of sp³-hybridized carbons (Fsp3) is 0.312. The number of nitrogens with one attached hydrogen (secondary N) is 2. The summed E-state index contributed by atoms with van der Waals surface area (Å²) in [5.41, 5.74) is 0.766. The van der Waals surface area contributed by atoms with E-state index < -0.39 is 11.2 Å². The average Bonchev–Trinajstić information content (AvgIpc) is 2.92. The Kier molecular flexibility index (Phi) is 5.03. The fourth-order valence-corrected chi connectivity index (χ4v) is 3.25. The van der Waals surface area contributed by atoms with Crippen molar-refractivity contribution in [1.82, 2.24) is 23.8 Å². The maximum atomic E-state index is 12.4. The van der Waals surface area contributed by atoms with E-state index in [0.717, 1.165) is 5.56 Å². The summed E-state index contributed by atoms with van der Waals surface area (Å²) in [4.78, 5) is 31.1. The summed E-state index contributed by atoms with van der Waals surface area (Å²) < 4.78 is 6.37. The number of imidazole rings is 1. The number of hydrogen-bond acceptors (Lipinski definition) is 5. The van der Waals surface area contributed by atoms with Crippen LogP contribution in [-0.4, -0.2) is 25.1 Å². The molecule has 3 rings (SSSR count). The van der Waals surface area contributed by atoms with Crippen molar-refractivity contribution in [3.63, 3.8) is 0 Å². The van der Waals surface area contributed by atoms with Crippen LogP contribution in [0, 0.1) is 0 Å². The highest BCUT2D eigenvalue weighted by Gasteiger charge is 2.18.